The Bertz CT molecular complexity index is 907. The molecule has 4 nitrogen and oxygen atoms in total. The van der Waals surface area contributed by atoms with Gasteiger partial charge in [-0.1, -0.05) is 12.1 Å². The fraction of sp³-hybridized carbons (Fsp3) is 0.368. The van der Waals surface area contributed by atoms with Crippen molar-refractivity contribution in [1.29, 1.82) is 0 Å². The Morgan fingerprint density at radius 1 is 0.957 bits per heavy atom. The average molecular weight is 306 g/mol. The summed E-state index contributed by atoms with van der Waals surface area (Å²) in [7, 11) is 0. The van der Waals surface area contributed by atoms with Crippen molar-refractivity contribution in [3.63, 3.8) is 0 Å². The minimum atomic E-state index is 0.832. The first-order chi connectivity index (χ1) is 11.0. The molecule has 118 valence electrons. The van der Waals surface area contributed by atoms with Gasteiger partial charge in [0.15, 0.2) is 0 Å². The molecule has 1 aromatic carbocycles. The predicted molar refractivity (Wildman–Crippen MR) is 94.0 cm³/mol. The molecule has 0 saturated carbocycles. The van der Waals surface area contributed by atoms with Gasteiger partial charge in [-0.25, -0.2) is 9.97 Å². The molecule has 2 aromatic heterocycles. The summed E-state index contributed by atoms with van der Waals surface area (Å²) in [5, 5.41) is 1.24. The minimum absolute atomic E-state index is 0.832. The molecule has 23 heavy (non-hydrogen) atoms. The van der Waals surface area contributed by atoms with Gasteiger partial charge < -0.3 is 9.47 Å². The van der Waals surface area contributed by atoms with E-state index in [9.17, 15) is 0 Å². The first-order valence-corrected chi connectivity index (χ1v) is 8.18. The van der Waals surface area contributed by atoms with Crippen molar-refractivity contribution in [3.05, 3.63) is 52.6 Å². The maximum atomic E-state index is 4.91. The van der Waals surface area contributed by atoms with Crippen molar-refractivity contribution in [2.45, 2.75) is 40.8 Å². The molecule has 3 aromatic rings. The van der Waals surface area contributed by atoms with Crippen LogP contribution in [-0.2, 0) is 13.1 Å². The van der Waals surface area contributed by atoms with E-state index in [4.69, 9.17) is 9.97 Å². The lowest BCUT2D eigenvalue weighted by atomic mass is 10.1. The zero-order valence-electron chi connectivity index (χ0n) is 14.2. The van der Waals surface area contributed by atoms with Crippen LogP contribution in [0.4, 0.5) is 5.82 Å². The van der Waals surface area contributed by atoms with Crippen molar-refractivity contribution in [1.82, 2.24) is 14.5 Å². The summed E-state index contributed by atoms with van der Waals surface area (Å²) in [5.74, 6) is 2.21. The molecule has 0 bridgehead atoms. The molecule has 0 fully saturated rings. The molecule has 1 aliphatic heterocycles. The van der Waals surface area contributed by atoms with E-state index < -0.39 is 0 Å². The Hall–Kier alpha value is -2.36. The number of pyridine rings is 1. The van der Waals surface area contributed by atoms with Gasteiger partial charge in [0.1, 0.15) is 11.6 Å². The second-order valence-electron chi connectivity index (χ2n) is 6.59. The van der Waals surface area contributed by atoms with Crippen molar-refractivity contribution in [2.75, 3.05) is 11.4 Å². The normalized spacial score (nSPS) is 14.3. The highest BCUT2D eigenvalue weighted by Crippen LogP contribution is 2.26. The molecule has 3 heterocycles. The van der Waals surface area contributed by atoms with E-state index in [0.29, 0.717) is 0 Å². The van der Waals surface area contributed by atoms with E-state index in [2.05, 4.69) is 61.4 Å². The summed E-state index contributed by atoms with van der Waals surface area (Å²) in [4.78, 5) is 12.0. The van der Waals surface area contributed by atoms with Crippen LogP contribution in [0.3, 0.4) is 0 Å². The number of anilines is 1. The summed E-state index contributed by atoms with van der Waals surface area (Å²) >= 11 is 0. The third-order valence-corrected chi connectivity index (χ3v) is 4.95. The van der Waals surface area contributed by atoms with Crippen LogP contribution in [0.25, 0.3) is 10.9 Å². The fourth-order valence-electron chi connectivity index (χ4n) is 3.46. The highest BCUT2D eigenvalue weighted by Gasteiger charge is 2.21. The Labute approximate surface area is 136 Å². The second kappa shape index (κ2) is 5.08. The Morgan fingerprint density at radius 2 is 1.78 bits per heavy atom. The monoisotopic (exact) mass is 306 g/mol. The number of aryl methyl sites for hydroxylation is 3. The summed E-state index contributed by atoms with van der Waals surface area (Å²) in [6.07, 6.45) is 0. The van der Waals surface area contributed by atoms with Gasteiger partial charge in [0, 0.05) is 24.2 Å². The number of benzene rings is 1. The van der Waals surface area contributed by atoms with Crippen LogP contribution >= 0.6 is 0 Å². The van der Waals surface area contributed by atoms with Gasteiger partial charge in [0.25, 0.3) is 0 Å². The summed E-state index contributed by atoms with van der Waals surface area (Å²) < 4.78 is 2.34. The molecular weight excluding hydrogens is 284 g/mol. The number of imidazole rings is 1. The van der Waals surface area contributed by atoms with Gasteiger partial charge in [0.2, 0.25) is 0 Å². The van der Waals surface area contributed by atoms with Crippen molar-refractivity contribution < 1.29 is 0 Å². The predicted octanol–water partition coefficient (Wildman–Crippen LogP) is 3.69. The van der Waals surface area contributed by atoms with Crippen LogP contribution in [0.1, 0.15) is 28.3 Å². The highest BCUT2D eigenvalue weighted by atomic mass is 15.3. The maximum absolute atomic E-state index is 4.91. The number of aromatic nitrogens is 3. The summed E-state index contributed by atoms with van der Waals surface area (Å²) in [5.41, 5.74) is 6.05. The van der Waals surface area contributed by atoms with Crippen molar-refractivity contribution in [2.24, 2.45) is 0 Å². The van der Waals surface area contributed by atoms with E-state index in [1.165, 1.54) is 22.2 Å². The molecule has 1 aliphatic rings. The van der Waals surface area contributed by atoms with Crippen LogP contribution in [0.5, 0.6) is 0 Å². The van der Waals surface area contributed by atoms with E-state index in [-0.39, 0.29) is 0 Å². The topological polar surface area (TPSA) is 34.0 Å². The third kappa shape index (κ3) is 2.29. The number of nitrogens with zero attached hydrogens (tertiary/aromatic N) is 4. The zero-order chi connectivity index (χ0) is 16.1. The lowest BCUT2D eigenvalue weighted by Crippen LogP contribution is -2.34. The third-order valence-electron chi connectivity index (χ3n) is 4.95. The molecule has 0 aliphatic carbocycles. The van der Waals surface area contributed by atoms with Crippen molar-refractivity contribution >= 4 is 16.7 Å². The van der Waals surface area contributed by atoms with E-state index in [1.54, 1.807) is 0 Å². The summed E-state index contributed by atoms with van der Waals surface area (Å²) in [6.45, 7) is 11.3. The van der Waals surface area contributed by atoms with Crippen LogP contribution < -0.4 is 4.90 Å². The Kier molecular flexibility index (Phi) is 3.15. The summed E-state index contributed by atoms with van der Waals surface area (Å²) in [6, 6.07) is 8.70. The first kappa shape index (κ1) is 14.2. The molecular formula is C19H22N4. The van der Waals surface area contributed by atoms with Crippen molar-refractivity contribution in [3.8, 4) is 0 Å². The van der Waals surface area contributed by atoms with Crippen LogP contribution in [0.2, 0.25) is 0 Å². The SMILES string of the molecule is Cc1ccc2c(C)cc(N3CCn4c(nc(C)c4C)C3)nc2c1. The molecule has 4 rings (SSSR count). The molecule has 0 radical (unpaired) electrons. The van der Waals surface area contributed by atoms with Crippen LogP contribution in [-0.4, -0.2) is 21.1 Å². The van der Waals surface area contributed by atoms with Gasteiger partial charge in [-0.3, -0.25) is 0 Å². The first-order valence-electron chi connectivity index (χ1n) is 8.18. The Balaban J connectivity index is 1.75. The van der Waals surface area contributed by atoms with Gasteiger partial charge in [-0.15, -0.1) is 0 Å². The van der Waals surface area contributed by atoms with Crippen LogP contribution in [0, 0.1) is 27.7 Å². The van der Waals surface area contributed by atoms with Crippen LogP contribution in [0.15, 0.2) is 24.3 Å². The molecule has 0 spiro atoms. The smallest absolute Gasteiger partial charge is 0.129 e. The van der Waals surface area contributed by atoms with Gasteiger partial charge in [-0.2, -0.15) is 0 Å². The fourth-order valence-corrected chi connectivity index (χ4v) is 3.46. The molecule has 0 saturated heterocycles. The number of hydrogen-bond acceptors (Lipinski definition) is 3. The maximum Gasteiger partial charge on any atom is 0.129 e. The second-order valence-corrected chi connectivity index (χ2v) is 6.59. The van der Waals surface area contributed by atoms with Gasteiger partial charge >= 0.3 is 0 Å². The minimum Gasteiger partial charge on any atom is -0.347 e. The van der Waals surface area contributed by atoms with Gasteiger partial charge in [0.05, 0.1) is 17.8 Å². The molecule has 0 unspecified atom stereocenters. The average Bonchev–Trinajstić information content (AvgIpc) is 2.81. The molecule has 4 heteroatoms. The number of fused-ring (bicyclic) bond motifs is 2. The quantitative estimate of drug-likeness (QED) is 0.687. The largest absolute Gasteiger partial charge is 0.347 e. The zero-order valence-corrected chi connectivity index (χ0v) is 14.2. The molecule has 0 amide bonds. The lowest BCUT2D eigenvalue weighted by Gasteiger charge is -2.29. The highest BCUT2D eigenvalue weighted by molar-refractivity contribution is 5.84. The number of rotatable bonds is 1. The standard InChI is InChI=1S/C19H22N4/c1-12-5-6-16-13(2)10-18(21-17(16)9-12)22-7-8-23-15(4)14(3)20-19(23)11-22/h5-6,9-10H,7-8,11H2,1-4H3. The Morgan fingerprint density at radius 3 is 2.61 bits per heavy atom. The molecule has 0 N–H and O–H groups in total. The lowest BCUT2D eigenvalue weighted by molar-refractivity contribution is 0.548. The van der Waals surface area contributed by atoms with E-state index in [0.717, 1.165) is 42.5 Å². The number of hydrogen-bond donors (Lipinski definition) is 0. The van der Waals surface area contributed by atoms with Gasteiger partial charge in [-0.05, 0) is 51.0 Å². The van der Waals surface area contributed by atoms with E-state index >= 15 is 0 Å². The molecule has 0 atom stereocenters. The van der Waals surface area contributed by atoms with E-state index in [1.807, 2.05) is 0 Å².